The second-order valence-corrected chi connectivity index (χ2v) is 7.58. The van der Waals surface area contributed by atoms with Gasteiger partial charge in [0.05, 0.1) is 0 Å². The Morgan fingerprint density at radius 2 is 1.40 bits per heavy atom. The molecule has 4 aromatic rings. The Hall–Kier alpha value is -3.30. The van der Waals surface area contributed by atoms with E-state index in [1.54, 1.807) is 0 Å². The van der Waals surface area contributed by atoms with Crippen molar-refractivity contribution in [2.24, 2.45) is 0 Å². The van der Waals surface area contributed by atoms with Crippen molar-refractivity contribution in [1.29, 1.82) is 0 Å². The molecule has 0 heterocycles. The van der Waals surface area contributed by atoms with Gasteiger partial charge in [0.2, 0.25) is 0 Å². The highest BCUT2D eigenvalue weighted by Crippen LogP contribution is 2.25. The standard InChI is InChI=1S/C27H28N2O/c28-25-15-13-22(14-16-25)17-18-29(21-23-7-2-1-3-8-23)19-20-30-27-12-6-10-24-9-4-5-11-26(24)27/h1-16H,17-21,28H2. The molecule has 0 fully saturated rings. The lowest BCUT2D eigenvalue weighted by molar-refractivity contribution is 0.205. The summed E-state index contributed by atoms with van der Waals surface area (Å²) in [6.45, 7) is 3.40. The Morgan fingerprint density at radius 3 is 2.23 bits per heavy atom. The third kappa shape index (κ3) is 5.40. The highest BCUT2D eigenvalue weighted by atomic mass is 16.5. The van der Waals surface area contributed by atoms with Crippen LogP contribution in [0.4, 0.5) is 5.69 Å². The highest BCUT2D eigenvalue weighted by Gasteiger charge is 2.08. The molecule has 0 aromatic heterocycles. The van der Waals surface area contributed by atoms with E-state index in [2.05, 4.69) is 89.8 Å². The predicted octanol–water partition coefficient (Wildman–Crippen LogP) is 5.55. The molecule has 0 aliphatic heterocycles. The Bertz CT molecular complexity index is 1060. The summed E-state index contributed by atoms with van der Waals surface area (Å²) in [7, 11) is 0. The molecule has 0 amide bonds. The lowest BCUT2D eigenvalue weighted by Gasteiger charge is -2.23. The zero-order valence-electron chi connectivity index (χ0n) is 17.2. The van der Waals surface area contributed by atoms with E-state index in [0.29, 0.717) is 6.61 Å². The number of anilines is 1. The third-order valence-electron chi connectivity index (χ3n) is 5.36. The summed E-state index contributed by atoms with van der Waals surface area (Å²) in [6.07, 6.45) is 0.987. The number of hydrogen-bond acceptors (Lipinski definition) is 3. The number of hydrogen-bond donors (Lipinski definition) is 1. The van der Waals surface area contributed by atoms with Crippen molar-refractivity contribution in [3.8, 4) is 5.75 Å². The number of nitrogen functional groups attached to an aromatic ring is 1. The van der Waals surface area contributed by atoms with E-state index in [4.69, 9.17) is 10.5 Å². The quantitative estimate of drug-likeness (QED) is 0.377. The first-order valence-electron chi connectivity index (χ1n) is 10.5. The van der Waals surface area contributed by atoms with Crippen LogP contribution in [0.3, 0.4) is 0 Å². The smallest absolute Gasteiger partial charge is 0.127 e. The van der Waals surface area contributed by atoms with E-state index in [-0.39, 0.29) is 0 Å². The fraction of sp³-hybridized carbons (Fsp3) is 0.185. The zero-order valence-corrected chi connectivity index (χ0v) is 17.2. The minimum Gasteiger partial charge on any atom is -0.492 e. The van der Waals surface area contributed by atoms with Crippen LogP contribution < -0.4 is 10.5 Å². The molecule has 0 aliphatic rings. The summed E-state index contributed by atoms with van der Waals surface area (Å²) in [6, 6.07) is 33.4. The Kier molecular flexibility index (Phi) is 6.63. The summed E-state index contributed by atoms with van der Waals surface area (Å²) in [5.74, 6) is 0.950. The monoisotopic (exact) mass is 396 g/mol. The highest BCUT2D eigenvalue weighted by molar-refractivity contribution is 5.88. The molecule has 3 nitrogen and oxygen atoms in total. The van der Waals surface area contributed by atoms with Crippen LogP contribution in [0.2, 0.25) is 0 Å². The van der Waals surface area contributed by atoms with Gasteiger partial charge in [-0.3, -0.25) is 4.90 Å². The van der Waals surface area contributed by atoms with Crippen LogP contribution in [0.15, 0.2) is 97.1 Å². The lowest BCUT2D eigenvalue weighted by atomic mass is 10.1. The van der Waals surface area contributed by atoms with E-state index in [1.165, 1.54) is 16.5 Å². The molecule has 0 unspecified atom stereocenters. The van der Waals surface area contributed by atoms with E-state index >= 15 is 0 Å². The van der Waals surface area contributed by atoms with Gasteiger partial charge < -0.3 is 10.5 Å². The van der Waals surface area contributed by atoms with Gasteiger partial charge in [-0.15, -0.1) is 0 Å². The first kappa shape index (κ1) is 20.0. The number of nitrogens with zero attached hydrogens (tertiary/aromatic N) is 1. The van der Waals surface area contributed by atoms with Crippen LogP contribution in [0.1, 0.15) is 11.1 Å². The summed E-state index contributed by atoms with van der Waals surface area (Å²) in [5.41, 5.74) is 9.25. The Labute approximate surface area is 178 Å². The zero-order chi connectivity index (χ0) is 20.6. The molecule has 30 heavy (non-hydrogen) atoms. The molecule has 3 heteroatoms. The molecular formula is C27H28N2O. The van der Waals surface area contributed by atoms with Crippen LogP contribution >= 0.6 is 0 Å². The average Bonchev–Trinajstić information content (AvgIpc) is 2.79. The van der Waals surface area contributed by atoms with Gasteiger partial charge in [0, 0.05) is 30.7 Å². The second-order valence-electron chi connectivity index (χ2n) is 7.58. The average molecular weight is 397 g/mol. The van der Waals surface area contributed by atoms with Gasteiger partial charge in [-0.05, 0) is 41.1 Å². The van der Waals surface area contributed by atoms with Crippen LogP contribution in [0, 0.1) is 0 Å². The SMILES string of the molecule is Nc1ccc(CCN(CCOc2cccc3ccccc23)Cc2ccccc2)cc1. The molecule has 2 N–H and O–H groups in total. The van der Waals surface area contributed by atoms with Gasteiger partial charge >= 0.3 is 0 Å². The summed E-state index contributed by atoms with van der Waals surface area (Å²) < 4.78 is 6.20. The van der Waals surface area contributed by atoms with Gasteiger partial charge in [0.15, 0.2) is 0 Å². The molecule has 4 aromatic carbocycles. The molecular weight excluding hydrogens is 368 g/mol. The van der Waals surface area contributed by atoms with Crippen molar-refractivity contribution in [2.45, 2.75) is 13.0 Å². The molecule has 0 atom stereocenters. The molecule has 0 aliphatic carbocycles. The summed E-state index contributed by atoms with van der Waals surface area (Å²) in [5, 5.41) is 2.37. The van der Waals surface area contributed by atoms with Crippen molar-refractivity contribution < 1.29 is 4.74 Å². The Morgan fingerprint density at radius 1 is 0.667 bits per heavy atom. The van der Waals surface area contributed by atoms with Gasteiger partial charge in [-0.2, -0.15) is 0 Å². The van der Waals surface area contributed by atoms with Crippen molar-refractivity contribution in [3.63, 3.8) is 0 Å². The normalized spacial score (nSPS) is 11.1. The first-order chi connectivity index (χ1) is 14.8. The van der Waals surface area contributed by atoms with Crippen molar-refractivity contribution in [2.75, 3.05) is 25.4 Å². The molecule has 0 saturated heterocycles. The van der Waals surface area contributed by atoms with Crippen molar-refractivity contribution in [1.82, 2.24) is 4.90 Å². The fourth-order valence-corrected chi connectivity index (χ4v) is 3.69. The minimum absolute atomic E-state index is 0.655. The van der Waals surface area contributed by atoms with E-state index in [0.717, 1.165) is 42.9 Å². The van der Waals surface area contributed by atoms with Gasteiger partial charge in [0.25, 0.3) is 0 Å². The molecule has 152 valence electrons. The maximum absolute atomic E-state index is 6.20. The van der Waals surface area contributed by atoms with Crippen molar-refractivity contribution >= 4 is 16.5 Å². The molecule has 0 bridgehead atoms. The summed E-state index contributed by atoms with van der Waals surface area (Å²) >= 11 is 0. The number of nitrogens with two attached hydrogens (primary N) is 1. The van der Waals surface area contributed by atoms with Crippen molar-refractivity contribution in [3.05, 3.63) is 108 Å². The number of fused-ring (bicyclic) bond motifs is 1. The van der Waals surface area contributed by atoms with Crippen LogP contribution in [-0.4, -0.2) is 24.6 Å². The van der Waals surface area contributed by atoms with Gasteiger partial charge in [0.1, 0.15) is 12.4 Å². The molecule has 4 rings (SSSR count). The maximum Gasteiger partial charge on any atom is 0.127 e. The van der Waals surface area contributed by atoms with Gasteiger partial charge in [-0.25, -0.2) is 0 Å². The lowest BCUT2D eigenvalue weighted by Crippen LogP contribution is -2.30. The van der Waals surface area contributed by atoms with Crippen LogP contribution in [0.25, 0.3) is 10.8 Å². The third-order valence-corrected chi connectivity index (χ3v) is 5.36. The van der Waals surface area contributed by atoms with E-state index in [1.807, 2.05) is 12.1 Å². The number of rotatable bonds is 9. The topological polar surface area (TPSA) is 38.5 Å². The van der Waals surface area contributed by atoms with Crippen LogP contribution in [-0.2, 0) is 13.0 Å². The largest absolute Gasteiger partial charge is 0.492 e. The first-order valence-corrected chi connectivity index (χ1v) is 10.5. The molecule has 0 radical (unpaired) electrons. The maximum atomic E-state index is 6.20. The molecule has 0 saturated carbocycles. The van der Waals surface area contributed by atoms with Gasteiger partial charge in [-0.1, -0.05) is 78.9 Å². The molecule has 0 spiro atoms. The van der Waals surface area contributed by atoms with E-state index < -0.39 is 0 Å². The summed E-state index contributed by atoms with van der Waals surface area (Å²) in [4.78, 5) is 2.46. The predicted molar refractivity (Wildman–Crippen MR) is 126 cm³/mol. The van der Waals surface area contributed by atoms with Crippen LogP contribution in [0.5, 0.6) is 5.75 Å². The van der Waals surface area contributed by atoms with E-state index in [9.17, 15) is 0 Å². The number of benzene rings is 4. The minimum atomic E-state index is 0.655. The fourth-order valence-electron chi connectivity index (χ4n) is 3.69. The second kappa shape index (κ2) is 9.95. The number of ether oxygens (including phenoxy) is 1. The Balaban J connectivity index is 1.40.